The Kier molecular flexibility index (Phi) is 7.29. The van der Waals surface area contributed by atoms with Crippen molar-refractivity contribution in [3.63, 3.8) is 0 Å². The van der Waals surface area contributed by atoms with Gasteiger partial charge in [0.05, 0.1) is 6.61 Å². The van der Waals surface area contributed by atoms with Gasteiger partial charge in [0.1, 0.15) is 5.75 Å². The zero-order chi connectivity index (χ0) is 21.6. The van der Waals surface area contributed by atoms with E-state index in [1.807, 2.05) is 36.1 Å². The van der Waals surface area contributed by atoms with Crippen LogP contribution in [0.15, 0.2) is 48.5 Å². The zero-order valence-electron chi connectivity index (χ0n) is 19.1. The molecule has 2 aromatic rings. The summed E-state index contributed by atoms with van der Waals surface area (Å²) in [6.07, 6.45) is 5.75. The minimum Gasteiger partial charge on any atom is -0.494 e. The monoisotopic (exact) mass is 420 g/mol. The third kappa shape index (κ3) is 5.30. The van der Waals surface area contributed by atoms with Gasteiger partial charge in [-0.15, -0.1) is 0 Å². The normalized spacial score (nSPS) is 17.2. The lowest BCUT2D eigenvalue weighted by molar-refractivity contribution is 0.0649. The number of ether oxygens (including phenoxy) is 1. The molecule has 0 saturated carbocycles. The van der Waals surface area contributed by atoms with Crippen LogP contribution >= 0.6 is 0 Å². The number of carbonyl (C=O) groups is 1. The first-order valence-corrected chi connectivity index (χ1v) is 12.0. The van der Waals surface area contributed by atoms with Crippen LogP contribution in [0.4, 0.5) is 0 Å². The summed E-state index contributed by atoms with van der Waals surface area (Å²) in [7, 11) is 0. The van der Waals surface area contributed by atoms with Crippen LogP contribution in [0, 0.1) is 5.92 Å². The molecule has 166 valence electrons. The third-order valence-electron chi connectivity index (χ3n) is 6.84. The van der Waals surface area contributed by atoms with Crippen molar-refractivity contribution in [3.8, 4) is 5.75 Å². The second kappa shape index (κ2) is 10.3. The van der Waals surface area contributed by atoms with Crippen LogP contribution in [0.3, 0.4) is 0 Å². The van der Waals surface area contributed by atoms with E-state index in [1.54, 1.807) is 0 Å². The highest BCUT2D eigenvalue weighted by molar-refractivity contribution is 5.94. The lowest BCUT2D eigenvalue weighted by Gasteiger charge is -2.37. The zero-order valence-corrected chi connectivity index (χ0v) is 19.1. The smallest absolute Gasteiger partial charge is 0.253 e. The fourth-order valence-electron chi connectivity index (χ4n) is 5.22. The minimum atomic E-state index is 0.136. The number of fused-ring (bicyclic) bond motifs is 1. The molecule has 0 N–H and O–H groups in total. The van der Waals surface area contributed by atoms with Crippen molar-refractivity contribution in [1.82, 2.24) is 9.80 Å². The van der Waals surface area contributed by atoms with Crippen LogP contribution in [0.5, 0.6) is 5.75 Å². The van der Waals surface area contributed by atoms with Gasteiger partial charge < -0.3 is 9.64 Å². The van der Waals surface area contributed by atoms with Crippen molar-refractivity contribution in [3.05, 3.63) is 65.2 Å². The van der Waals surface area contributed by atoms with Gasteiger partial charge in [0.2, 0.25) is 0 Å². The Morgan fingerprint density at radius 3 is 2.39 bits per heavy atom. The average molecular weight is 421 g/mol. The van der Waals surface area contributed by atoms with Gasteiger partial charge in [-0.3, -0.25) is 9.69 Å². The van der Waals surface area contributed by atoms with Gasteiger partial charge in [0.25, 0.3) is 5.91 Å². The van der Waals surface area contributed by atoms with Crippen molar-refractivity contribution in [2.75, 3.05) is 32.8 Å². The van der Waals surface area contributed by atoms with E-state index in [4.69, 9.17) is 4.74 Å². The highest BCUT2D eigenvalue weighted by Gasteiger charge is 2.30. The van der Waals surface area contributed by atoms with Gasteiger partial charge >= 0.3 is 0 Å². The first-order valence-electron chi connectivity index (χ1n) is 12.0. The third-order valence-corrected chi connectivity index (χ3v) is 6.84. The Balaban J connectivity index is 1.31. The summed E-state index contributed by atoms with van der Waals surface area (Å²) in [6.45, 7) is 8.90. The van der Waals surface area contributed by atoms with Gasteiger partial charge in [-0.05, 0) is 80.8 Å². The fraction of sp³-hybridized carbons (Fsp3) is 0.519. The SMILES string of the molecule is CCCN(CC1CCN(C(=O)c2cccc(OCC)c2)CC1)C1Cc2ccccc2C1. The van der Waals surface area contributed by atoms with Gasteiger partial charge in [-0.2, -0.15) is 0 Å². The van der Waals surface area contributed by atoms with Crippen molar-refractivity contribution in [2.45, 2.75) is 52.0 Å². The maximum atomic E-state index is 13.0. The van der Waals surface area contributed by atoms with E-state index < -0.39 is 0 Å². The molecule has 0 aromatic heterocycles. The Labute approximate surface area is 187 Å². The van der Waals surface area contributed by atoms with Crippen molar-refractivity contribution in [1.29, 1.82) is 0 Å². The van der Waals surface area contributed by atoms with Crippen LogP contribution in [0.2, 0.25) is 0 Å². The van der Waals surface area contributed by atoms with Crippen molar-refractivity contribution >= 4 is 5.91 Å². The second-order valence-corrected chi connectivity index (χ2v) is 9.02. The number of benzene rings is 2. The number of hydrogen-bond donors (Lipinski definition) is 0. The Bertz CT molecular complexity index is 848. The summed E-state index contributed by atoms with van der Waals surface area (Å²) in [5.41, 5.74) is 3.80. The maximum Gasteiger partial charge on any atom is 0.253 e. The molecular formula is C27H36N2O2. The van der Waals surface area contributed by atoms with Gasteiger partial charge in [0, 0.05) is 31.2 Å². The summed E-state index contributed by atoms with van der Waals surface area (Å²) in [5, 5.41) is 0. The highest BCUT2D eigenvalue weighted by atomic mass is 16.5. The summed E-state index contributed by atoms with van der Waals surface area (Å²) in [4.78, 5) is 17.7. The van der Waals surface area contributed by atoms with Crippen molar-refractivity contribution < 1.29 is 9.53 Å². The van der Waals surface area contributed by atoms with E-state index >= 15 is 0 Å². The molecule has 4 nitrogen and oxygen atoms in total. The molecule has 0 spiro atoms. The number of nitrogens with zero attached hydrogens (tertiary/aromatic N) is 2. The molecule has 0 unspecified atom stereocenters. The summed E-state index contributed by atoms with van der Waals surface area (Å²) < 4.78 is 5.56. The minimum absolute atomic E-state index is 0.136. The molecule has 1 amide bonds. The second-order valence-electron chi connectivity index (χ2n) is 9.02. The van der Waals surface area contributed by atoms with Crippen LogP contribution in [0.1, 0.15) is 54.6 Å². The number of rotatable bonds is 8. The lowest BCUT2D eigenvalue weighted by atomic mass is 9.94. The molecule has 0 bridgehead atoms. The van der Waals surface area contributed by atoms with Gasteiger partial charge in [0.15, 0.2) is 0 Å². The van der Waals surface area contributed by atoms with E-state index in [-0.39, 0.29) is 5.91 Å². The number of carbonyl (C=O) groups excluding carboxylic acids is 1. The van der Waals surface area contributed by atoms with E-state index in [0.29, 0.717) is 18.6 Å². The highest BCUT2D eigenvalue weighted by Crippen LogP contribution is 2.28. The Morgan fingerprint density at radius 1 is 1.03 bits per heavy atom. The van der Waals surface area contributed by atoms with Crippen molar-refractivity contribution in [2.24, 2.45) is 5.92 Å². The standard InChI is InChI=1S/C27H36N2O2/c1-3-14-29(25-17-22-8-5-6-9-23(22)18-25)20-21-12-15-28(16-13-21)27(30)24-10-7-11-26(19-24)31-4-2/h5-11,19,21,25H,3-4,12-18,20H2,1-2H3. The van der Waals surface area contributed by atoms with E-state index in [0.717, 1.165) is 43.8 Å². The molecule has 31 heavy (non-hydrogen) atoms. The van der Waals surface area contributed by atoms with E-state index in [1.165, 1.54) is 36.9 Å². The molecule has 4 heteroatoms. The van der Waals surface area contributed by atoms with Gasteiger partial charge in [-0.1, -0.05) is 37.3 Å². The van der Waals surface area contributed by atoms with Crippen LogP contribution < -0.4 is 4.74 Å². The van der Waals surface area contributed by atoms with Crippen LogP contribution in [-0.4, -0.2) is 54.5 Å². The predicted octanol–water partition coefficient (Wildman–Crippen LogP) is 4.82. The topological polar surface area (TPSA) is 32.8 Å². The number of piperidine rings is 1. The van der Waals surface area contributed by atoms with E-state index in [9.17, 15) is 4.79 Å². The summed E-state index contributed by atoms with van der Waals surface area (Å²) in [6, 6.07) is 17.2. The predicted molar refractivity (Wildman–Crippen MR) is 126 cm³/mol. The molecule has 1 saturated heterocycles. The first-order chi connectivity index (χ1) is 15.2. The molecule has 4 rings (SSSR count). The first kappa shape index (κ1) is 21.9. The molecule has 0 atom stereocenters. The molecule has 2 aliphatic rings. The number of amides is 1. The molecule has 1 fully saturated rings. The maximum absolute atomic E-state index is 13.0. The molecule has 1 aliphatic heterocycles. The lowest BCUT2D eigenvalue weighted by Crippen LogP contribution is -2.44. The average Bonchev–Trinajstić information content (AvgIpc) is 3.23. The van der Waals surface area contributed by atoms with Crippen LogP contribution in [0.25, 0.3) is 0 Å². The number of likely N-dealkylation sites (tertiary alicyclic amines) is 1. The largest absolute Gasteiger partial charge is 0.494 e. The Hall–Kier alpha value is -2.33. The van der Waals surface area contributed by atoms with Crippen LogP contribution in [-0.2, 0) is 12.8 Å². The molecule has 1 heterocycles. The van der Waals surface area contributed by atoms with Gasteiger partial charge in [-0.25, -0.2) is 0 Å². The fourth-order valence-corrected chi connectivity index (χ4v) is 5.22. The molecule has 0 radical (unpaired) electrons. The molecule has 2 aromatic carbocycles. The molecule has 1 aliphatic carbocycles. The quantitative estimate of drug-likeness (QED) is 0.614. The number of hydrogen-bond acceptors (Lipinski definition) is 3. The Morgan fingerprint density at radius 2 is 1.74 bits per heavy atom. The molecular weight excluding hydrogens is 384 g/mol. The summed E-state index contributed by atoms with van der Waals surface area (Å²) in [5.74, 6) is 1.58. The van der Waals surface area contributed by atoms with E-state index in [2.05, 4.69) is 36.1 Å². The summed E-state index contributed by atoms with van der Waals surface area (Å²) >= 11 is 0.